The summed E-state index contributed by atoms with van der Waals surface area (Å²) in [6, 6.07) is 0.727. The fourth-order valence-corrected chi connectivity index (χ4v) is 2.66. The maximum Gasteiger partial charge on any atom is 0.151 e. The minimum atomic E-state index is 0.727. The lowest BCUT2D eigenvalue weighted by Crippen LogP contribution is -2.33. The van der Waals surface area contributed by atoms with Crippen LogP contribution in [0.2, 0.25) is 0 Å². The number of hydrogen-bond donors (Lipinski definition) is 2. The van der Waals surface area contributed by atoms with Gasteiger partial charge in [0.05, 0.1) is 0 Å². The molecule has 1 aliphatic carbocycles. The van der Waals surface area contributed by atoms with E-state index in [4.69, 9.17) is 0 Å². The fourth-order valence-electron chi connectivity index (χ4n) is 2.66. The summed E-state index contributed by atoms with van der Waals surface area (Å²) in [5, 5.41) is 10.7. The highest BCUT2D eigenvalue weighted by Crippen LogP contribution is 2.27. The quantitative estimate of drug-likeness (QED) is 0.799. The van der Waals surface area contributed by atoms with Crippen molar-refractivity contribution in [2.24, 2.45) is 5.92 Å². The van der Waals surface area contributed by atoms with Gasteiger partial charge in [-0.05, 0) is 25.7 Å². The Balaban J connectivity index is 1.71. The van der Waals surface area contributed by atoms with E-state index in [1.807, 2.05) is 6.92 Å². The summed E-state index contributed by atoms with van der Waals surface area (Å²) in [7, 11) is 0. The Bertz CT molecular complexity index is 321. The van der Waals surface area contributed by atoms with E-state index in [2.05, 4.69) is 27.4 Å². The zero-order valence-electron chi connectivity index (χ0n) is 10.3. The number of nitrogens with one attached hydrogen (secondary N) is 2. The normalized spacial score (nSPS) is 25.1. The summed E-state index contributed by atoms with van der Waals surface area (Å²) in [5.74, 6) is 2.72. The van der Waals surface area contributed by atoms with E-state index < -0.39 is 0 Å². The number of rotatable bonds is 5. The SMILES string of the molecule is CCC1CCCC1NCCc1n[nH]c(C)n1. The molecule has 1 fully saturated rings. The first kappa shape index (κ1) is 11.6. The highest BCUT2D eigenvalue weighted by Gasteiger charge is 2.24. The van der Waals surface area contributed by atoms with Crippen LogP contribution < -0.4 is 5.32 Å². The van der Waals surface area contributed by atoms with Gasteiger partial charge in [0, 0.05) is 19.0 Å². The zero-order chi connectivity index (χ0) is 11.4. The fraction of sp³-hybridized carbons (Fsp3) is 0.833. The standard InChI is InChI=1S/C12H22N4/c1-3-10-5-4-6-11(10)13-8-7-12-14-9(2)15-16-12/h10-11,13H,3-8H2,1-2H3,(H,14,15,16). The van der Waals surface area contributed by atoms with Gasteiger partial charge in [-0.15, -0.1) is 0 Å². The highest BCUT2D eigenvalue weighted by molar-refractivity contribution is 4.89. The summed E-state index contributed by atoms with van der Waals surface area (Å²) in [5.41, 5.74) is 0. The van der Waals surface area contributed by atoms with Crippen molar-refractivity contribution < 1.29 is 0 Å². The molecule has 1 heterocycles. The lowest BCUT2D eigenvalue weighted by molar-refractivity contribution is 0.392. The van der Waals surface area contributed by atoms with Crippen molar-refractivity contribution in [2.45, 2.75) is 52.0 Å². The van der Waals surface area contributed by atoms with Crippen LogP contribution in [0.1, 0.15) is 44.3 Å². The van der Waals surface area contributed by atoms with Gasteiger partial charge in [0.1, 0.15) is 5.82 Å². The second-order valence-electron chi connectivity index (χ2n) is 4.75. The van der Waals surface area contributed by atoms with Crippen molar-refractivity contribution in [2.75, 3.05) is 6.54 Å². The van der Waals surface area contributed by atoms with Crippen molar-refractivity contribution >= 4 is 0 Å². The van der Waals surface area contributed by atoms with Crippen molar-refractivity contribution in [3.05, 3.63) is 11.6 Å². The third kappa shape index (κ3) is 2.82. The molecule has 0 radical (unpaired) electrons. The Morgan fingerprint density at radius 1 is 1.44 bits per heavy atom. The molecule has 0 spiro atoms. The van der Waals surface area contributed by atoms with Crippen LogP contribution in [0.3, 0.4) is 0 Å². The topological polar surface area (TPSA) is 53.6 Å². The van der Waals surface area contributed by atoms with Crippen LogP contribution in [0.4, 0.5) is 0 Å². The van der Waals surface area contributed by atoms with E-state index in [1.165, 1.54) is 25.7 Å². The average molecular weight is 222 g/mol. The molecule has 4 heteroatoms. The maximum absolute atomic E-state index is 4.31. The molecule has 90 valence electrons. The summed E-state index contributed by atoms with van der Waals surface area (Å²) in [6.07, 6.45) is 6.35. The molecule has 0 amide bonds. The molecule has 2 atom stereocenters. The van der Waals surface area contributed by atoms with Gasteiger partial charge >= 0.3 is 0 Å². The number of hydrogen-bond acceptors (Lipinski definition) is 3. The first-order valence-electron chi connectivity index (χ1n) is 6.41. The summed E-state index contributed by atoms with van der Waals surface area (Å²) < 4.78 is 0. The van der Waals surface area contributed by atoms with Gasteiger partial charge in [-0.2, -0.15) is 5.10 Å². The molecule has 1 aromatic rings. The molecule has 2 rings (SSSR count). The van der Waals surface area contributed by atoms with Crippen LogP contribution >= 0.6 is 0 Å². The molecule has 16 heavy (non-hydrogen) atoms. The molecule has 1 aromatic heterocycles. The molecular formula is C12H22N4. The zero-order valence-corrected chi connectivity index (χ0v) is 10.3. The largest absolute Gasteiger partial charge is 0.313 e. The lowest BCUT2D eigenvalue weighted by atomic mass is 10.0. The van der Waals surface area contributed by atoms with Crippen molar-refractivity contribution in [1.29, 1.82) is 0 Å². The first-order chi connectivity index (χ1) is 7.79. The number of aromatic amines is 1. The molecule has 4 nitrogen and oxygen atoms in total. The Morgan fingerprint density at radius 2 is 2.31 bits per heavy atom. The summed E-state index contributed by atoms with van der Waals surface area (Å²) >= 11 is 0. The minimum Gasteiger partial charge on any atom is -0.313 e. The minimum absolute atomic E-state index is 0.727. The molecule has 0 saturated heterocycles. The van der Waals surface area contributed by atoms with Crippen molar-refractivity contribution in [3.8, 4) is 0 Å². The van der Waals surface area contributed by atoms with E-state index in [9.17, 15) is 0 Å². The van der Waals surface area contributed by atoms with Gasteiger partial charge in [-0.25, -0.2) is 4.98 Å². The van der Waals surface area contributed by atoms with Crippen LogP contribution in [0.15, 0.2) is 0 Å². The smallest absolute Gasteiger partial charge is 0.151 e. The van der Waals surface area contributed by atoms with Gasteiger partial charge in [-0.1, -0.05) is 19.8 Å². The van der Waals surface area contributed by atoms with Crippen LogP contribution in [0.25, 0.3) is 0 Å². The van der Waals surface area contributed by atoms with Gasteiger partial charge in [0.15, 0.2) is 5.82 Å². The summed E-state index contributed by atoms with van der Waals surface area (Å²) in [4.78, 5) is 4.31. The second-order valence-corrected chi connectivity index (χ2v) is 4.75. The van der Waals surface area contributed by atoms with Gasteiger partial charge < -0.3 is 5.32 Å². The molecule has 0 aliphatic heterocycles. The van der Waals surface area contributed by atoms with Crippen molar-refractivity contribution in [1.82, 2.24) is 20.5 Å². The van der Waals surface area contributed by atoms with Crippen LogP contribution in [0.5, 0.6) is 0 Å². The third-order valence-corrected chi connectivity index (χ3v) is 3.58. The van der Waals surface area contributed by atoms with Gasteiger partial charge in [-0.3, -0.25) is 5.10 Å². The number of nitrogens with zero attached hydrogens (tertiary/aromatic N) is 2. The van der Waals surface area contributed by atoms with E-state index in [-0.39, 0.29) is 0 Å². The van der Waals surface area contributed by atoms with Crippen LogP contribution in [-0.2, 0) is 6.42 Å². The van der Waals surface area contributed by atoms with Crippen molar-refractivity contribution in [3.63, 3.8) is 0 Å². The summed E-state index contributed by atoms with van der Waals surface area (Å²) in [6.45, 7) is 5.23. The molecule has 2 unspecified atom stereocenters. The van der Waals surface area contributed by atoms with E-state index in [1.54, 1.807) is 0 Å². The third-order valence-electron chi connectivity index (χ3n) is 3.58. The van der Waals surface area contributed by atoms with Gasteiger partial charge in [0.25, 0.3) is 0 Å². The van der Waals surface area contributed by atoms with Gasteiger partial charge in [0.2, 0.25) is 0 Å². The second kappa shape index (κ2) is 5.43. The molecule has 1 saturated carbocycles. The Morgan fingerprint density at radius 3 is 3.00 bits per heavy atom. The number of aryl methyl sites for hydroxylation is 1. The highest BCUT2D eigenvalue weighted by atomic mass is 15.2. The molecule has 2 N–H and O–H groups in total. The number of H-pyrrole nitrogens is 1. The Hall–Kier alpha value is -0.900. The predicted octanol–water partition coefficient (Wildman–Crippen LogP) is 1.82. The average Bonchev–Trinajstić information content (AvgIpc) is 2.87. The first-order valence-corrected chi connectivity index (χ1v) is 6.41. The molecule has 0 bridgehead atoms. The van der Waals surface area contributed by atoms with E-state index in [0.717, 1.165) is 36.6 Å². The van der Waals surface area contributed by atoms with E-state index in [0.29, 0.717) is 0 Å². The maximum atomic E-state index is 4.31. The Labute approximate surface area is 97.2 Å². The molecule has 0 aromatic carbocycles. The van der Waals surface area contributed by atoms with Crippen LogP contribution in [-0.4, -0.2) is 27.8 Å². The lowest BCUT2D eigenvalue weighted by Gasteiger charge is -2.19. The van der Waals surface area contributed by atoms with E-state index >= 15 is 0 Å². The molecule has 1 aliphatic rings. The monoisotopic (exact) mass is 222 g/mol. The van der Waals surface area contributed by atoms with Crippen LogP contribution in [0, 0.1) is 12.8 Å². The Kier molecular flexibility index (Phi) is 3.93. The molecular weight excluding hydrogens is 200 g/mol. The predicted molar refractivity (Wildman–Crippen MR) is 64.2 cm³/mol. The number of aromatic nitrogens is 3.